The van der Waals surface area contributed by atoms with E-state index in [4.69, 9.17) is 0 Å². The highest BCUT2D eigenvalue weighted by Crippen LogP contribution is 2.21. The lowest BCUT2D eigenvalue weighted by Crippen LogP contribution is -2.46. The van der Waals surface area contributed by atoms with E-state index in [2.05, 4.69) is 44.5 Å². The molecule has 2 N–H and O–H groups in total. The van der Waals surface area contributed by atoms with Gasteiger partial charge in [0, 0.05) is 68.2 Å². The number of thioether (sulfide) groups is 1. The van der Waals surface area contributed by atoms with Crippen LogP contribution in [0.1, 0.15) is 17.3 Å². The Balaban J connectivity index is 1.26. The molecule has 34 heavy (non-hydrogen) atoms. The van der Waals surface area contributed by atoms with Gasteiger partial charge in [-0.2, -0.15) is 0 Å². The Kier molecular flexibility index (Phi) is 7.87. The summed E-state index contributed by atoms with van der Waals surface area (Å²) in [4.78, 5) is 33.9. The Labute approximate surface area is 204 Å². The summed E-state index contributed by atoms with van der Waals surface area (Å²) in [5.41, 5.74) is 3.11. The summed E-state index contributed by atoms with van der Waals surface area (Å²) in [5.74, 6) is -0.0499. The van der Waals surface area contributed by atoms with Gasteiger partial charge in [-0.15, -0.1) is 0 Å². The maximum absolute atomic E-state index is 12.6. The van der Waals surface area contributed by atoms with Crippen LogP contribution in [0.15, 0.2) is 66.1 Å². The van der Waals surface area contributed by atoms with Crippen molar-refractivity contribution >= 4 is 40.6 Å². The highest BCUT2D eigenvalue weighted by atomic mass is 32.2. The van der Waals surface area contributed by atoms with Crippen LogP contribution in [0.5, 0.6) is 0 Å². The maximum atomic E-state index is 12.6. The van der Waals surface area contributed by atoms with E-state index in [9.17, 15) is 9.59 Å². The van der Waals surface area contributed by atoms with Crippen LogP contribution in [0.4, 0.5) is 17.1 Å². The molecule has 3 aromatic rings. The zero-order valence-corrected chi connectivity index (χ0v) is 20.3. The Morgan fingerprint density at radius 3 is 2.21 bits per heavy atom. The Morgan fingerprint density at radius 2 is 1.59 bits per heavy atom. The second-order valence-electron chi connectivity index (χ2n) is 8.16. The topological polar surface area (TPSA) is 82.5 Å². The summed E-state index contributed by atoms with van der Waals surface area (Å²) in [6.45, 7) is 7.48. The molecule has 1 saturated heterocycles. The van der Waals surface area contributed by atoms with Crippen LogP contribution in [0.3, 0.4) is 0 Å². The van der Waals surface area contributed by atoms with Crippen LogP contribution in [-0.2, 0) is 11.8 Å². The fraction of sp³-hybridized carbons (Fsp3) is 0.320. The van der Waals surface area contributed by atoms with E-state index in [1.165, 1.54) is 17.4 Å². The van der Waals surface area contributed by atoms with Gasteiger partial charge in [0.05, 0.1) is 5.75 Å². The lowest BCUT2D eigenvalue weighted by atomic mass is 10.1. The predicted octanol–water partition coefficient (Wildman–Crippen LogP) is 3.55. The van der Waals surface area contributed by atoms with Crippen molar-refractivity contribution in [3.63, 3.8) is 0 Å². The number of benzene rings is 2. The van der Waals surface area contributed by atoms with Gasteiger partial charge in [-0.25, -0.2) is 4.98 Å². The molecule has 8 nitrogen and oxygen atoms in total. The van der Waals surface area contributed by atoms with Crippen LogP contribution >= 0.6 is 11.8 Å². The van der Waals surface area contributed by atoms with E-state index in [1.807, 2.05) is 29.9 Å². The van der Waals surface area contributed by atoms with E-state index in [0.717, 1.165) is 43.6 Å². The fourth-order valence-corrected chi connectivity index (χ4v) is 4.54. The van der Waals surface area contributed by atoms with Crippen molar-refractivity contribution in [2.75, 3.05) is 54.0 Å². The molecule has 1 aromatic heterocycles. The van der Waals surface area contributed by atoms with Crippen LogP contribution in [-0.4, -0.2) is 64.7 Å². The standard InChI is InChI=1S/C25H30N6O2S/c1-3-30-14-16-31(17-15-30)22-10-8-21(9-11-22)28-24(33)19-4-6-20(7-5-19)27-23(32)18-34-25-26-12-13-29(25)2/h4-13H,3,14-18H2,1-2H3,(H,27,32)(H,28,33). The molecule has 2 aromatic carbocycles. The van der Waals surface area contributed by atoms with Gasteiger partial charge in [-0.1, -0.05) is 18.7 Å². The first-order chi connectivity index (χ1) is 16.5. The molecule has 1 aliphatic heterocycles. The van der Waals surface area contributed by atoms with Gasteiger partial charge in [-0.3, -0.25) is 9.59 Å². The molecule has 0 atom stereocenters. The minimum atomic E-state index is -0.187. The van der Waals surface area contributed by atoms with Crippen LogP contribution < -0.4 is 15.5 Å². The molecule has 0 aliphatic carbocycles. The van der Waals surface area contributed by atoms with Crippen molar-refractivity contribution in [2.24, 2.45) is 7.05 Å². The molecule has 4 rings (SSSR count). The second-order valence-corrected chi connectivity index (χ2v) is 9.10. The first-order valence-electron chi connectivity index (χ1n) is 11.4. The Bertz CT molecular complexity index is 1110. The summed E-state index contributed by atoms with van der Waals surface area (Å²) < 4.78 is 1.87. The molecule has 0 unspecified atom stereocenters. The number of carbonyl (C=O) groups is 2. The van der Waals surface area contributed by atoms with Gasteiger partial charge < -0.3 is 25.0 Å². The van der Waals surface area contributed by atoms with E-state index in [0.29, 0.717) is 11.3 Å². The number of nitrogens with zero attached hydrogens (tertiary/aromatic N) is 4. The van der Waals surface area contributed by atoms with E-state index < -0.39 is 0 Å². The van der Waals surface area contributed by atoms with Crippen molar-refractivity contribution < 1.29 is 9.59 Å². The largest absolute Gasteiger partial charge is 0.369 e. The van der Waals surface area contributed by atoms with Crippen molar-refractivity contribution in [3.05, 3.63) is 66.5 Å². The third kappa shape index (κ3) is 6.18. The van der Waals surface area contributed by atoms with Gasteiger partial charge in [-0.05, 0) is 55.1 Å². The van der Waals surface area contributed by atoms with Crippen molar-refractivity contribution in [3.8, 4) is 0 Å². The highest BCUT2D eigenvalue weighted by Gasteiger charge is 2.16. The molecule has 0 spiro atoms. The molecule has 0 bridgehead atoms. The first-order valence-corrected chi connectivity index (χ1v) is 12.4. The molecular formula is C25H30N6O2S. The zero-order valence-electron chi connectivity index (χ0n) is 19.5. The number of imidazole rings is 1. The minimum absolute atomic E-state index is 0.124. The summed E-state index contributed by atoms with van der Waals surface area (Å²) >= 11 is 1.37. The summed E-state index contributed by atoms with van der Waals surface area (Å²) in [5, 5.41) is 6.57. The summed E-state index contributed by atoms with van der Waals surface area (Å²) in [6, 6.07) is 14.9. The molecule has 2 heterocycles. The molecule has 2 amide bonds. The minimum Gasteiger partial charge on any atom is -0.369 e. The number of hydrogen-bond donors (Lipinski definition) is 2. The van der Waals surface area contributed by atoms with Crippen molar-refractivity contribution in [1.82, 2.24) is 14.5 Å². The number of piperazine rings is 1. The highest BCUT2D eigenvalue weighted by molar-refractivity contribution is 7.99. The average Bonchev–Trinajstić information content (AvgIpc) is 3.28. The SMILES string of the molecule is CCN1CCN(c2ccc(NC(=O)c3ccc(NC(=O)CSc4nccn4C)cc3)cc2)CC1. The smallest absolute Gasteiger partial charge is 0.255 e. The monoisotopic (exact) mass is 478 g/mol. The number of aromatic nitrogens is 2. The zero-order chi connectivity index (χ0) is 23.9. The number of amides is 2. The second kappa shape index (κ2) is 11.2. The third-order valence-electron chi connectivity index (χ3n) is 5.85. The van der Waals surface area contributed by atoms with Crippen molar-refractivity contribution in [1.29, 1.82) is 0 Å². The van der Waals surface area contributed by atoms with E-state index in [-0.39, 0.29) is 17.6 Å². The molecule has 0 saturated carbocycles. The Morgan fingerprint density at radius 1 is 0.941 bits per heavy atom. The van der Waals surface area contributed by atoms with E-state index >= 15 is 0 Å². The molecule has 9 heteroatoms. The van der Waals surface area contributed by atoms with Crippen molar-refractivity contribution in [2.45, 2.75) is 12.1 Å². The third-order valence-corrected chi connectivity index (χ3v) is 6.91. The van der Waals surface area contributed by atoms with E-state index in [1.54, 1.807) is 30.5 Å². The lowest BCUT2D eigenvalue weighted by Gasteiger charge is -2.35. The normalized spacial score (nSPS) is 14.1. The number of likely N-dealkylation sites (N-methyl/N-ethyl adjacent to an activating group) is 1. The van der Waals surface area contributed by atoms with Crippen LogP contribution in [0, 0.1) is 0 Å². The summed E-state index contributed by atoms with van der Waals surface area (Å²) in [7, 11) is 1.89. The number of carbonyl (C=O) groups excluding carboxylic acids is 2. The first kappa shape index (κ1) is 23.8. The quantitative estimate of drug-likeness (QED) is 0.482. The molecule has 0 radical (unpaired) electrons. The van der Waals surface area contributed by atoms with Crippen LogP contribution in [0.2, 0.25) is 0 Å². The average molecular weight is 479 g/mol. The van der Waals surface area contributed by atoms with Gasteiger partial charge in [0.25, 0.3) is 5.91 Å². The predicted molar refractivity (Wildman–Crippen MR) is 138 cm³/mol. The molecule has 1 aliphatic rings. The number of anilines is 3. The molecule has 178 valence electrons. The summed E-state index contributed by atoms with van der Waals surface area (Å²) in [6.07, 6.45) is 3.54. The van der Waals surface area contributed by atoms with Gasteiger partial charge in [0.1, 0.15) is 0 Å². The number of rotatable bonds is 8. The number of hydrogen-bond acceptors (Lipinski definition) is 6. The molecule has 1 fully saturated rings. The Hall–Kier alpha value is -3.30. The maximum Gasteiger partial charge on any atom is 0.255 e. The molecular weight excluding hydrogens is 448 g/mol. The lowest BCUT2D eigenvalue weighted by molar-refractivity contribution is -0.113. The van der Waals surface area contributed by atoms with Gasteiger partial charge >= 0.3 is 0 Å². The van der Waals surface area contributed by atoms with Gasteiger partial charge in [0.15, 0.2) is 5.16 Å². The number of aryl methyl sites for hydroxylation is 1. The number of nitrogens with one attached hydrogen (secondary N) is 2. The van der Waals surface area contributed by atoms with Gasteiger partial charge in [0.2, 0.25) is 5.91 Å². The fourth-order valence-electron chi connectivity index (χ4n) is 3.80. The van der Waals surface area contributed by atoms with Crippen LogP contribution in [0.25, 0.3) is 0 Å².